The Morgan fingerprint density at radius 1 is 1.28 bits per heavy atom. The van der Waals surface area contributed by atoms with Gasteiger partial charge in [0, 0.05) is 22.3 Å². The average molecular weight is 375 g/mol. The van der Waals surface area contributed by atoms with E-state index in [9.17, 15) is 9.90 Å². The van der Waals surface area contributed by atoms with Gasteiger partial charge in [-0.25, -0.2) is 9.78 Å². The standard InChI is InChI=1S/C18H15ClN2O3S/c1-24-12-7-5-11(6-8-12)16-14(17(22)23)3-2-4-15(16)20-9-13-10-21-18(19)25-13/h2-8,10,20H,9H2,1H3,(H,22,23). The summed E-state index contributed by atoms with van der Waals surface area (Å²) >= 11 is 7.24. The summed E-state index contributed by atoms with van der Waals surface area (Å²) in [4.78, 5) is 16.6. The van der Waals surface area contributed by atoms with Gasteiger partial charge in [-0.15, -0.1) is 11.3 Å². The lowest BCUT2D eigenvalue weighted by Crippen LogP contribution is -2.05. The summed E-state index contributed by atoms with van der Waals surface area (Å²) in [6.45, 7) is 0.511. The first-order valence-electron chi connectivity index (χ1n) is 7.43. The highest BCUT2D eigenvalue weighted by Gasteiger charge is 2.16. The summed E-state index contributed by atoms with van der Waals surface area (Å²) in [5.41, 5.74) is 2.39. The molecule has 0 fully saturated rings. The van der Waals surface area contributed by atoms with Crippen LogP contribution in [-0.4, -0.2) is 23.2 Å². The van der Waals surface area contributed by atoms with Gasteiger partial charge in [0.1, 0.15) is 5.75 Å². The fourth-order valence-corrected chi connectivity index (χ4v) is 3.41. The van der Waals surface area contributed by atoms with E-state index in [1.807, 2.05) is 18.2 Å². The fraction of sp³-hybridized carbons (Fsp3) is 0.111. The molecule has 0 aliphatic carbocycles. The number of carbonyl (C=O) groups is 1. The maximum atomic E-state index is 11.7. The van der Waals surface area contributed by atoms with Crippen molar-refractivity contribution in [1.29, 1.82) is 0 Å². The molecular weight excluding hydrogens is 360 g/mol. The molecule has 0 spiro atoms. The zero-order valence-electron chi connectivity index (χ0n) is 13.3. The Hall–Kier alpha value is -2.57. The van der Waals surface area contributed by atoms with Gasteiger partial charge in [0.25, 0.3) is 0 Å². The smallest absolute Gasteiger partial charge is 0.336 e. The Kier molecular flexibility index (Phi) is 5.21. The van der Waals surface area contributed by atoms with Gasteiger partial charge in [-0.05, 0) is 29.8 Å². The van der Waals surface area contributed by atoms with Gasteiger partial charge in [0.2, 0.25) is 0 Å². The zero-order valence-corrected chi connectivity index (χ0v) is 14.9. The Balaban J connectivity index is 1.99. The second-order valence-corrected chi connectivity index (χ2v) is 6.89. The SMILES string of the molecule is COc1ccc(-c2c(NCc3cnc(Cl)s3)cccc2C(=O)O)cc1. The van der Waals surface area contributed by atoms with Crippen molar-refractivity contribution in [2.24, 2.45) is 0 Å². The molecule has 3 aromatic rings. The monoisotopic (exact) mass is 374 g/mol. The van der Waals surface area contributed by atoms with Gasteiger partial charge >= 0.3 is 5.97 Å². The number of carboxylic acids is 1. The van der Waals surface area contributed by atoms with Gasteiger partial charge < -0.3 is 15.2 Å². The highest BCUT2D eigenvalue weighted by Crippen LogP contribution is 2.33. The molecule has 3 rings (SSSR count). The molecule has 0 bridgehead atoms. The molecule has 1 heterocycles. The number of rotatable bonds is 6. The van der Waals surface area contributed by atoms with E-state index in [4.69, 9.17) is 16.3 Å². The number of halogens is 1. The Morgan fingerprint density at radius 2 is 2.04 bits per heavy atom. The Morgan fingerprint density at radius 3 is 2.64 bits per heavy atom. The number of nitrogens with one attached hydrogen (secondary N) is 1. The van der Waals surface area contributed by atoms with Crippen molar-refractivity contribution in [3.05, 3.63) is 63.6 Å². The van der Waals surface area contributed by atoms with Crippen LogP contribution in [0.1, 0.15) is 15.2 Å². The minimum Gasteiger partial charge on any atom is -0.497 e. The number of hydrogen-bond donors (Lipinski definition) is 2. The predicted octanol–water partition coefficient (Wildman–Crippen LogP) is 4.78. The zero-order chi connectivity index (χ0) is 17.8. The molecule has 0 saturated carbocycles. The third-order valence-corrected chi connectivity index (χ3v) is 4.77. The molecule has 0 unspecified atom stereocenters. The van der Waals surface area contributed by atoms with E-state index in [1.54, 1.807) is 37.6 Å². The summed E-state index contributed by atoms with van der Waals surface area (Å²) in [5.74, 6) is -0.263. The minimum absolute atomic E-state index is 0.234. The van der Waals surface area contributed by atoms with Crippen molar-refractivity contribution in [1.82, 2.24) is 4.98 Å². The highest BCUT2D eigenvalue weighted by molar-refractivity contribution is 7.15. The second-order valence-electron chi connectivity index (χ2n) is 5.19. The van der Waals surface area contributed by atoms with E-state index < -0.39 is 5.97 Å². The number of hydrogen-bond acceptors (Lipinski definition) is 5. The number of thiazole rings is 1. The van der Waals surface area contributed by atoms with Crippen LogP contribution >= 0.6 is 22.9 Å². The Labute approximate surface area is 153 Å². The van der Waals surface area contributed by atoms with Gasteiger partial charge in [-0.2, -0.15) is 0 Å². The summed E-state index contributed by atoms with van der Waals surface area (Å²) in [6, 6.07) is 12.5. The first kappa shape index (κ1) is 17.3. The fourth-order valence-electron chi connectivity index (χ4n) is 2.49. The lowest BCUT2D eigenvalue weighted by molar-refractivity contribution is 0.0698. The minimum atomic E-state index is -0.977. The van der Waals surface area contributed by atoms with Crippen molar-refractivity contribution in [3.8, 4) is 16.9 Å². The van der Waals surface area contributed by atoms with Crippen LogP contribution in [0.15, 0.2) is 48.7 Å². The van der Waals surface area contributed by atoms with Gasteiger partial charge in [0.15, 0.2) is 4.47 Å². The van der Waals surface area contributed by atoms with Crippen LogP contribution in [0.5, 0.6) is 5.75 Å². The number of carboxylic acid groups (broad SMARTS) is 1. The lowest BCUT2D eigenvalue weighted by Gasteiger charge is -2.15. The molecular formula is C18H15ClN2O3S. The molecule has 5 nitrogen and oxygen atoms in total. The molecule has 25 heavy (non-hydrogen) atoms. The molecule has 0 atom stereocenters. The first-order chi connectivity index (χ1) is 12.1. The number of nitrogens with zero attached hydrogens (tertiary/aromatic N) is 1. The first-order valence-corrected chi connectivity index (χ1v) is 8.62. The van der Waals surface area contributed by atoms with Gasteiger partial charge in [-0.3, -0.25) is 0 Å². The van der Waals surface area contributed by atoms with Crippen LogP contribution in [0, 0.1) is 0 Å². The number of aromatic carboxylic acids is 1. The quantitative estimate of drug-likeness (QED) is 0.649. The molecule has 128 valence electrons. The summed E-state index contributed by atoms with van der Waals surface area (Å²) < 4.78 is 5.65. The maximum Gasteiger partial charge on any atom is 0.336 e. The summed E-state index contributed by atoms with van der Waals surface area (Å²) in [7, 11) is 1.59. The molecule has 7 heteroatoms. The third kappa shape index (κ3) is 3.92. The van der Waals surface area contributed by atoms with Gasteiger partial charge in [-0.1, -0.05) is 29.8 Å². The molecule has 0 radical (unpaired) electrons. The van der Waals surface area contributed by atoms with Crippen molar-refractivity contribution in [3.63, 3.8) is 0 Å². The molecule has 1 aromatic heterocycles. The lowest BCUT2D eigenvalue weighted by atomic mass is 9.97. The van der Waals surface area contributed by atoms with Crippen LogP contribution < -0.4 is 10.1 Å². The van der Waals surface area contributed by atoms with Crippen LogP contribution in [0.3, 0.4) is 0 Å². The topological polar surface area (TPSA) is 71.5 Å². The molecule has 0 saturated heterocycles. The van der Waals surface area contributed by atoms with E-state index in [0.717, 1.165) is 16.1 Å². The van der Waals surface area contributed by atoms with Crippen molar-refractivity contribution >= 4 is 34.6 Å². The van der Waals surface area contributed by atoms with E-state index in [2.05, 4.69) is 10.3 Å². The molecule has 0 aliphatic rings. The van der Waals surface area contributed by atoms with Crippen molar-refractivity contribution in [2.45, 2.75) is 6.54 Å². The number of aromatic nitrogens is 1. The van der Waals surface area contributed by atoms with E-state index >= 15 is 0 Å². The predicted molar refractivity (Wildman–Crippen MR) is 99.8 cm³/mol. The number of ether oxygens (including phenoxy) is 1. The van der Waals surface area contributed by atoms with Crippen LogP contribution in [-0.2, 0) is 6.54 Å². The van der Waals surface area contributed by atoms with Crippen LogP contribution in [0.4, 0.5) is 5.69 Å². The number of benzene rings is 2. The molecule has 2 N–H and O–H groups in total. The average Bonchev–Trinajstić information content (AvgIpc) is 3.05. The van der Waals surface area contributed by atoms with E-state index in [-0.39, 0.29) is 5.56 Å². The van der Waals surface area contributed by atoms with Crippen molar-refractivity contribution < 1.29 is 14.6 Å². The molecule has 2 aromatic carbocycles. The number of anilines is 1. The van der Waals surface area contributed by atoms with Crippen LogP contribution in [0.2, 0.25) is 4.47 Å². The number of methoxy groups -OCH3 is 1. The normalized spacial score (nSPS) is 10.5. The largest absolute Gasteiger partial charge is 0.497 e. The Bertz CT molecular complexity index is 894. The van der Waals surface area contributed by atoms with Crippen molar-refractivity contribution in [2.75, 3.05) is 12.4 Å². The maximum absolute atomic E-state index is 11.7. The van der Waals surface area contributed by atoms with E-state index in [0.29, 0.717) is 22.3 Å². The highest BCUT2D eigenvalue weighted by atomic mass is 35.5. The third-order valence-electron chi connectivity index (χ3n) is 3.65. The van der Waals surface area contributed by atoms with Crippen LogP contribution in [0.25, 0.3) is 11.1 Å². The van der Waals surface area contributed by atoms with Gasteiger partial charge in [0.05, 0.1) is 19.2 Å². The molecule has 0 aliphatic heterocycles. The summed E-state index contributed by atoms with van der Waals surface area (Å²) in [5, 5.41) is 12.8. The molecule has 0 amide bonds. The van der Waals surface area contributed by atoms with E-state index in [1.165, 1.54) is 11.3 Å². The second kappa shape index (κ2) is 7.55. The summed E-state index contributed by atoms with van der Waals surface area (Å²) in [6.07, 6.45) is 1.70.